The van der Waals surface area contributed by atoms with Crippen molar-refractivity contribution in [2.75, 3.05) is 19.7 Å². The summed E-state index contributed by atoms with van der Waals surface area (Å²) in [5, 5.41) is 0. The van der Waals surface area contributed by atoms with E-state index in [0.717, 1.165) is 11.3 Å². The molecule has 1 aromatic carbocycles. The standard InChI is InChI=1S/C18H19FN2O3/c1-2-15-9-13(10-17(22)20-15)18(23)21-7-8-24-16(11-21)12-3-5-14(19)6-4-12/h3-6,9-10,16H,2,7-8,11H2,1H3,(H,20,22). The van der Waals surface area contributed by atoms with Crippen molar-refractivity contribution in [3.63, 3.8) is 0 Å². The number of aromatic amines is 1. The normalized spacial score (nSPS) is 17.8. The summed E-state index contributed by atoms with van der Waals surface area (Å²) in [6, 6.07) is 9.12. The number of amides is 1. The number of hydrogen-bond donors (Lipinski definition) is 1. The highest BCUT2D eigenvalue weighted by Crippen LogP contribution is 2.23. The maximum atomic E-state index is 13.1. The Kier molecular flexibility index (Phi) is 4.76. The minimum absolute atomic E-state index is 0.189. The van der Waals surface area contributed by atoms with Gasteiger partial charge >= 0.3 is 0 Å². The lowest BCUT2D eigenvalue weighted by molar-refractivity contribution is -0.0228. The molecular weight excluding hydrogens is 311 g/mol. The summed E-state index contributed by atoms with van der Waals surface area (Å²) < 4.78 is 18.8. The molecule has 5 nitrogen and oxygen atoms in total. The van der Waals surface area contributed by atoms with E-state index in [9.17, 15) is 14.0 Å². The topological polar surface area (TPSA) is 62.4 Å². The van der Waals surface area contributed by atoms with E-state index in [4.69, 9.17) is 4.74 Å². The summed E-state index contributed by atoms with van der Waals surface area (Å²) in [4.78, 5) is 28.8. The average Bonchev–Trinajstić information content (AvgIpc) is 2.61. The summed E-state index contributed by atoms with van der Waals surface area (Å²) in [7, 11) is 0. The van der Waals surface area contributed by atoms with Crippen LogP contribution >= 0.6 is 0 Å². The number of rotatable bonds is 3. The van der Waals surface area contributed by atoms with Gasteiger partial charge in [-0.05, 0) is 30.2 Å². The van der Waals surface area contributed by atoms with Gasteiger partial charge in [-0.3, -0.25) is 9.59 Å². The third-order valence-corrected chi connectivity index (χ3v) is 4.12. The number of aryl methyl sites for hydroxylation is 1. The molecule has 0 radical (unpaired) electrons. The molecule has 1 saturated heterocycles. The molecule has 0 aliphatic carbocycles. The molecule has 3 rings (SSSR count). The number of pyridine rings is 1. The molecule has 1 atom stereocenters. The van der Waals surface area contributed by atoms with Crippen molar-refractivity contribution in [1.82, 2.24) is 9.88 Å². The van der Waals surface area contributed by atoms with Crippen LogP contribution in [0.3, 0.4) is 0 Å². The molecule has 1 unspecified atom stereocenters. The molecule has 24 heavy (non-hydrogen) atoms. The zero-order chi connectivity index (χ0) is 17.1. The average molecular weight is 330 g/mol. The predicted molar refractivity (Wildman–Crippen MR) is 87.4 cm³/mol. The first-order valence-corrected chi connectivity index (χ1v) is 7.96. The number of benzene rings is 1. The Bertz CT molecular complexity index is 786. The summed E-state index contributed by atoms with van der Waals surface area (Å²) in [5.41, 5.74) is 1.67. The second-order valence-electron chi connectivity index (χ2n) is 5.77. The lowest BCUT2D eigenvalue weighted by Crippen LogP contribution is -2.42. The van der Waals surface area contributed by atoms with Gasteiger partial charge in [-0.2, -0.15) is 0 Å². The van der Waals surface area contributed by atoms with Gasteiger partial charge in [-0.1, -0.05) is 19.1 Å². The summed E-state index contributed by atoms with van der Waals surface area (Å²) in [6.45, 7) is 3.15. The number of carbonyl (C=O) groups excluding carboxylic acids is 1. The molecule has 0 saturated carbocycles. The molecule has 126 valence electrons. The Hall–Kier alpha value is -2.47. The lowest BCUT2D eigenvalue weighted by Gasteiger charge is -2.33. The largest absolute Gasteiger partial charge is 0.370 e. The zero-order valence-electron chi connectivity index (χ0n) is 13.4. The summed E-state index contributed by atoms with van der Waals surface area (Å²) in [5.74, 6) is -0.496. The van der Waals surface area contributed by atoms with Gasteiger partial charge in [-0.25, -0.2) is 4.39 Å². The first kappa shape index (κ1) is 16.4. The van der Waals surface area contributed by atoms with Crippen molar-refractivity contribution in [3.05, 3.63) is 69.4 Å². The van der Waals surface area contributed by atoms with E-state index < -0.39 is 0 Å². The first-order valence-electron chi connectivity index (χ1n) is 7.96. The van der Waals surface area contributed by atoms with Crippen molar-refractivity contribution in [2.45, 2.75) is 19.4 Å². The van der Waals surface area contributed by atoms with E-state index >= 15 is 0 Å². The maximum absolute atomic E-state index is 13.1. The number of halogens is 1. The van der Waals surface area contributed by atoms with Crippen LogP contribution in [0, 0.1) is 5.82 Å². The van der Waals surface area contributed by atoms with Gasteiger partial charge in [0.1, 0.15) is 11.9 Å². The number of nitrogens with one attached hydrogen (secondary N) is 1. The highest BCUT2D eigenvalue weighted by Gasteiger charge is 2.26. The molecule has 1 fully saturated rings. The van der Waals surface area contributed by atoms with Crippen LogP contribution in [0.4, 0.5) is 4.39 Å². The highest BCUT2D eigenvalue weighted by atomic mass is 19.1. The quantitative estimate of drug-likeness (QED) is 0.939. The Morgan fingerprint density at radius 3 is 2.79 bits per heavy atom. The fraction of sp³-hybridized carbons (Fsp3) is 0.333. The van der Waals surface area contributed by atoms with Gasteiger partial charge in [0.2, 0.25) is 5.56 Å². The Labute approximate surface area is 139 Å². The molecule has 0 bridgehead atoms. The van der Waals surface area contributed by atoms with Crippen LogP contribution in [0.2, 0.25) is 0 Å². The molecule has 0 spiro atoms. The van der Waals surface area contributed by atoms with Crippen molar-refractivity contribution < 1.29 is 13.9 Å². The molecule has 1 N–H and O–H groups in total. The fourth-order valence-electron chi connectivity index (χ4n) is 2.81. The molecule has 2 heterocycles. The number of ether oxygens (including phenoxy) is 1. The molecule has 1 aromatic heterocycles. The first-order chi connectivity index (χ1) is 11.6. The summed E-state index contributed by atoms with van der Waals surface area (Å²) >= 11 is 0. The van der Waals surface area contributed by atoms with Crippen molar-refractivity contribution in [3.8, 4) is 0 Å². The van der Waals surface area contributed by atoms with Gasteiger partial charge in [0.15, 0.2) is 0 Å². The number of hydrogen-bond acceptors (Lipinski definition) is 3. The van der Waals surface area contributed by atoms with Crippen LogP contribution in [0.25, 0.3) is 0 Å². The smallest absolute Gasteiger partial charge is 0.254 e. The maximum Gasteiger partial charge on any atom is 0.254 e. The van der Waals surface area contributed by atoms with Crippen LogP contribution in [0.1, 0.15) is 34.6 Å². The number of H-pyrrole nitrogens is 1. The predicted octanol–water partition coefficient (Wildman–Crippen LogP) is 2.29. The minimum atomic E-state index is -0.307. The van der Waals surface area contributed by atoms with Gasteiger partial charge < -0.3 is 14.6 Å². The number of morpholine rings is 1. The third-order valence-electron chi connectivity index (χ3n) is 4.12. The highest BCUT2D eigenvalue weighted by molar-refractivity contribution is 5.94. The van der Waals surface area contributed by atoms with Crippen LogP contribution in [0.15, 0.2) is 41.2 Å². The molecule has 6 heteroatoms. The van der Waals surface area contributed by atoms with E-state index in [1.165, 1.54) is 18.2 Å². The lowest BCUT2D eigenvalue weighted by atomic mass is 10.1. The second-order valence-corrected chi connectivity index (χ2v) is 5.77. The van der Waals surface area contributed by atoms with Gasteiger partial charge in [0, 0.05) is 23.9 Å². The van der Waals surface area contributed by atoms with Crippen molar-refractivity contribution in [1.29, 1.82) is 0 Å². The zero-order valence-corrected chi connectivity index (χ0v) is 13.4. The molecule has 2 aromatic rings. The number of carbonyl (C=O) groups is 1. The Balaban J connectivity index is 1.79. The second kappa shape index (κ2) is 6.97. The van der Waals surface area contributed by atoms with Crippen LogP contribution in [-0.4, -0.2) is 35.5 Å². The van der Waals surface area contributed by atoms with E-state index in [-0.39, 0.29) is 23.4 Å². The molecule has 1 amide bonds. The van der Waals surface area contributed by atoms with E-state index in [1.807, 2.05) is 6.92 Å². The third kappa shape index (κ3) is 3.54. The fourth-order valence-corrected chi connectivity index (χ4v) is 2.81. The Morgan fingerprint density at radius 1 is 1.33 bits per heavy atom. The molecule has 1 aliphatic rings. The van der Waals surface area contributed by atoms with Crippen LogP contribution in [-0.2, 0) is 11.2 Å². The van der Waals surface area contributed by atoms with Crippen molar-refractivity contribution in [2.24, 2.45) is 0 Å². The summed E-state index contributed by atoms with van der Waals surface area (Å²) in [6.07, 6.45) is 0.355. The molecule has 1 aliphatic heterocycles. The minimum Gasteiger partial charge on any atom is -0.370 e. The van der Waals surface area contributed by atoms with Gasteiger partial charge in [-0.15, -0.1) is 0 Å². The Morgan fingerprint density at radius 2 is 2.08 bits per heavy atom. The molecular formula is C18H19FN2O3. The van der Waals surface area contributed by atoms with Crippen LogP contribution in [0.5, 0.6) is 0 Å². The number of aromatic nitrogens is 1. The SMILES string of the molecule is CCc1cc(C(=O)N2CCOC(c3ccc(F)cc3)C2)cc(=O)[nH]1. The van der Waals surface area contributed by atoms with Crippen LogP contribution < -0.4 is 5.56 Å². The monoisotopic (exact) mass is 330 g/mol. The van der Waals surface area contributed by atoms with Gasteiger partial charge in [0.25, 0.3) is 5.91 Å². The van der Waals surface area contributed by atoms with E-state index in [0.29, 0.717) is 31.7 Å². The van der Waals surface area contributed by atoms with E-state index in [1.54, 1.807) is 23.1 Å². The number of nitrogens with zero attached hydrogens (tertiary/aromatic N) is 1. The van der Waals surface area contributed by atoms with Gasteiger partial charge in [0.05, 0.1) is 13.2 Å². The van der Waals surface area contributed by atoms with E-state index in [2.05, 4.69) is 4.98 Å². The van der Waals surface area contributed by atoms with Crippen molar-refractivity contribution >= 4 is 5.91 Å².